The third-order valence-corrected chi connectivity index (χ3v) is 3.01. The average Bonchev–Trinajstić information content (AvgIpc) is 2.06. The van der Waals surface area contributed by atoms with Gasteiger partial charge >= 0.3 is 6.18 Å². The number of rotatable bonds is 2. The normalized spacial score (nSPS) is 12.8. The SMILES string of the molecule is CS(=O)(=O)Cc1cc(Cl)cc(C(F)(F)F)c1N. The number of alkyl halides is 3. The fraction of sp³-hybridized carbons (Fsp3) is 0.333. The zero-order chi connectivity index (χ0) is 13.4. The highest BCUT2D eigenvalue weighted by atomic mass is 35.5. The number of hydrogen-bond donors (Lipinski definition) is 1. The lowest BCUT2D eigenvalue weighted by Gasteiger charge is -2.14. The maximum absolute atomic E-state index is 12.6. The van der Waals surface area contributed by atoms with Gasteiger partial charge in [-0.25, -0.2) is 8.42 Å². The van der Waals surface area contributed by atoms with Gasteiger partial charge in [0.2, 0.25) is 0 Å². The number of sulfone groups is 1. The van der Waals surface area contributed by atoms with Crippen molar-refractivity contribution in [1.29, 1.82) is 0 Å². The van der Waals surface area contributed by atoms with Gasteiger partial charge in [-0.05, 0) is 17.7 Å². The Balaban J connectivity index is 3.39. The number of nitrogens with two attached hydrogens (primary N) is 1. The summed E-state index contributed by atoms with van der Waals surface area (Å²) in [5.41, 5.74) is 3.43. The molecule has 0 aliphatic carbocycles. The molecule has 0 bridgehead atoms. The summed E-state index contributed by atoms with van der Waals surface area (Å²) in [6.45, 7) is 0. The van der Waals surface area contributed by atoms with Crippen LogP contribution in [-0.2, 0) is 21.8 Å². The molecule has 96 valence electrons. The van der Waals surface area contributed by atoms with E-state index in [2.05, 4.69) is 0 Å². The van der Waals surface area contributed by atoms with Crippen LogP contribution < -0.4 is 5.73 Å². The fourth-order valence-electron chi connectivity index (χ4n) is 1.31. The second-order valence-corrected chi connectivity index (χ2v) is 6.17. The third-order valence-electron chi connectivity index (χ3n) is 1.95. The molecule has 0 aliphatic heterocycles. The average molecular weight is 288 g/mol. The molecule has 0 spiro atoms. The van der Waals surface area contributed by atoms with Gasteiger partial charge in [-0.1, -0.05) is 11.6 Å². The van der Waals surface area contributed by atoms with E-state index in [1.807, 2.05) is 0 Å². The van der Waals surface area contributed by atoms with E-state index in [-0.39, 0.29) is 10.6 Å². The zero-order valence-electron chi connectivity index (χ0n) is 8.68. The highest BCUT2D eigenvalue weighted by Crippen LogP contribution is 2.37. The molecule has 0 unspecified atom stereocenters. The van der Waals surface area contributed by atoms with E-state index in [9.17, 15) is 21.6 Å². The standard InChI is InChI=1S/C9H9ClF3NO2S/c1-17(15,16)4-5-2-6(10)3-7(8(5)14)9(11,12)13/h2-3H,4,14H2,1H3. The molecule has 17 heavy (non-hydrogen) atoms. The van der Waals surface area contributed by atoms with E-state index in [0.29, 0.717) is 6.07 Å². The Morgan fingerprint density at radius 2 is 1.88 bits per heavy atom. The van der Waals surface area contributed by atoms with Gasteiger partial charge in [-0.2, -0.15) is 13.2 Å². The summed E-state index contributed by atoms with van der Waals surface area (Å²) in [7, 11) is -3.48. The second-order valence-electron chi connectivity index (χ2n) is 3.59. The quantitative estimate of drug-likeness (QED) is 0.850. The summed E-state index contributed by atoms with van der Waals surface area (Å²) in [6.07, 6.45) is -3.76. The number of hydrogen-bond acceptors (Lipinski definition) is 3. The Bertz CT molecular complexity index is 540. The zero-order valence-corrected chi connectivity index (χ0v) is 10.2. The lowest BCUT2D eigenvalue weighted by atomic mass is 10.1. The molecule has 8 heteroatoms. The van der Waals surface area contributed by atoms with E-state index in [0.717, 1.165) is 12.3 Å². The summed E-state index contributed by atoms with van der Waals surface area (Å²) in [5.74, 6) is -0.581. The van der Waals surface area contributed by atoms with Gasteiger partial charge in [0, 0.05) is 17.0 Å². The number of nitrogen functional groups attached to an aromatic ring is 1. The Labute approximate surface area is 101 Å². The van der Waals surface area contributed by atoms with Crippen LogP contribution in [0, 0.1) is 0 Å². The van der Waals surface area contributed by atoms with Crippen LogP contribution in [0.4, 0.5) is 18.9 Å². The summed E-state index contributed by atoms with van der Waals surface area (Å²) < 4.78 is 59.8. The van der Waals surface area contributed by atoms with Gasteiger partial charge in [0.05, 0.1) is 11.3 Å². The predicted octanol–water partition coefficient (Wildman–Crippen LogP) is 2.49. The Morgan fingerprint density at radius 3 is 2.29 bits per heavy atom. The van der Waals surface area contributed by atoms with Crippen LogP contribution >= 0.6 is 11.6 Å². The molecule has 0 atom stereocenters. The summed E-state index contributed by atoms with van der Waals surface area (Å²) in [6, 6.07) is 1.79. The van der Waals surface area contributed by atoms with Crippen molar-refractivity contribution in [1.82, 2.24) is 0 Å². The number of anilines is 1. The van der Waals surface area contributed by atoms with Gasteiger partial charge in [0.1, 0.15) is 0 Å². The first-order chi connectivity index (χ1) is 7.50. The summed E-state index contributed by atoms with van der Waals surface area (Å²) in [4.78, 5) is 0. The minimum Gasteiger partial charge on any atom is -0.398 e. The topological polar surface area (TPSA) is 60.2 Å². The summed E-state index contributed by atoms with van der Waals surface area (Å²) >= 11 is 5.51. The molecule has 1 aromatic carbocycles. The molecule has 0 aromatic heterocycles. The number of halogens is 4. The molecule has 1 rings (SSSR count). The van der Waals surface area contributed by atoms with Crippen LogP contribution in [0.1, 0.15) is 11.1 Å². The molecule has 0 saturated heterocycles. The van der Waals surface area contributed by atoms with Gasteiger partial charge in [0.15, 0.2) is 9.84 Å². The highest BCUT2D eigenvalue weighted by Gasteiger charge is 2.34. The maximum atomic E-state index is 12.6. The Hall–Kier alpha value is -0.950. The van der Waals surface area contributed by atoms with E-state index >= 15 is 0 Å². The Morgan fingerprint density at radius 1 is 1.35 bits per heavy atom. The minimum absolute atomic E-state index is 0.146. The molecular weight excluding hydrogens is 279 g/mol. The first-order valence-corrected chi connectivity index (χ1v) is 6.77. The van der Waals surface area contributed by atoms with Crippen LogP contribution in [0.2, 0.25) is 5.02 Å². The van der Waals surface area contributed by atoms with Crippen LogP contribution in [0.15, 0.2) is 12.1 Å². The molecule has 0 fully saturated rings. The molecular formula is C9H9ClF3NO2S. The van der Waals surface area contributed by atoms with E-state index in [1.165, 1.54) is 0 Å². The maximum Gasteiger partial charge on any atom is 0.418 e. The first-order valence-electron chi connectivity index (χ1n) is 4.33. The van der Waals surface area contributed by atoms with Crippen LogP contribution in [-0.4, -0.2) is 14.7 Å². The van der Waals surface area contributed by atoms with E-state index in [4.69, 9.17) is 17.3 Å². The van der Waals surface area contributed by atoms with Crippen LogP contribution in [0.25, 0.3) is 0 Å². The Kier molecular flexibility index (Phi) is 3.63. The van der Waals surface area contributed by atoms with Crippen molar-refractivity contribution >= 4 is 27.1 Å². The molecule has 0 heterocycles. The van der Waals surface area contributed by atoms with Crippen molar-refractivity contribution in [2.24, 2.45) is 0 Å². The lowest BCUT2D eigenvalue weighted by molar-refractivity contribution is -0.136. The first kappa shape index (κ1) is 14.1. The van der Waals surface area contributed by atoms with Gasteiger partial charge < -0.3 is 5.73 Å². The third kappa shape index (κ3) is 3.78. The van der Waals surface area contributed by atoms with E-state index < -0.39 is 33.0 Å². The molecule has 0 saturated carbocycles. The van der Waals surface area contributed by atoms with E-state index in [1.54, 1.807) is 0 Å². The van der Waals surface area contributed by atoms with Crippen LogP contribution in [0.5, 0.6) is 0 Å². The number of benzene rings is 1. The second kappa shape index (κ2) is 4.38. The van der Waals surface area contributed by atoms with Gasteiger partial charge in [-0.3, -0.25) is 0 Å². The lowest BCUT2D eigenvalue weighted by Crippen LogP contribution is -2.12. The van der Waals surface area contributed by atoms with Crippen LogP contribution in [0.3, 0.4) is 0 Å². The van der Waals surface area contributed by atoms with Crippen molar-refractivity contribution in [3.8, 4) is 0 Å². The van der Waals surface area contributed by atoms with Gasteiger partial charge in [-0.15, -0.1) is 0 Å². The molecule has 2 N–H and O–H groups in total. The van der Waals surface area contributed by atoms with Crippen molar-refractivity contribution in [2.75, 3.05) is 12.0 Å². The largest absolute Gasteiger partial charge is 0.418 e. The molecule has 1 aromatic rings. The highest BCUT2D eigenvalue weighted by molar-refractivity contribution is 7.89. The molecule has 3 nitrogen and oxygen atoms in total. The van der Waals surface area contributed by atoms with Gasteiger partial charge in [0.25, 0.3) is 0 Å². The predicted molar refractivity (Wildman–Crippen MR) is 59.4 cm³/mol. The molecule has 0 aliphatic rings. The minimum atomic E-state index is -4.67. The van der Waals surface area contributed by atoms with Crippen molar-refractivity contribution in [3.63, 3.8) is 0 Å². The summed E-state index contributed by atoms with van der Waals surface area (Å²) in [5, 5.41) is -0.204. The van der Waals surface area contributed by atoms with Crippen molar-refractivity contribution in [3.05, 3.63) is 28.3 Å². The fourth-order valence-corrected chi connectivity index (χ4v) is 2.36. The molecule has 0 amide bonds. The molecule has 0 radical (unpaired) electrons. The van der Waals surface area contributed by atoms with Crippen molar-refractivity contribution < 1.29 is 21.6 Å². The van der Waals surface area contributed by atoms with Crippen molar-refractivity contribution in [2.45, 2.75) is 11.9 Å². The smallest absolute Gasteiger partial charge is 0.398 e. The monoisotopic (exact) mass is 287 g/mol.